The monoisotopic (exact) mass is 424 g/mol. The van der Waals surface area contributed by atoms with E-state index < -0.39 is 27.2 Å². The van der Waals surface area contributed by atoms with E-state index in [0.717, 1.165) is 19.3 Å². The zero-order valence-corrected chi connectivity index (χ0v) is 20.4. The molecule has 166 valence electrons. The number of rotatable bonds is 9. The molecular weight excluding hydrogens is 384 g/mol. The summed E-state index contributed by atoms with van der Waals surface area (Å²) < 4.78 is 10.8. The number of carbonyl (C=O) groups excluding carboxylic acids is 2. The van der Waals surface area contributed by atoms with Crippen LogP contribution in [0.4, 0.5) is 0 Å². The second kappa shape index (κ2) is 11.9. The van der Waals surface area contributed by atoms with Gasteiger partial charge >= 0.3 is 5.97 Å². The van der Waals surface area contributed by atoms with Crippen LogP contribution in [0.15, 0.2) is 0 Å². The molecule has 6 heteroatoms. The second-order valence-electron chi connectivity index (χ2n) is 9.43. The van der Waals surface area contributed by atoms with Gasteiger partial charge in [0, 0.05) is 12.8 Å². The molecule has 0 aliphatic heterocycles. The van der Waals surface area contributed by atoms with Crippen LogP contribution in [0.5, 0.6) is 0 Å². The first-order valence-electron chi connectivity index (χ1n) is 11.0. The minimum Gasteiger partial charge on any atom is -0.469 e. The predicted molar refractivity (Wildman–Crippen MR) is 118 cm³/mol. The van der Waals surface area contributed by atoms with Gasteiger partial charge in [-0.3, -0.25) is 9.59 Å². The van der Waals surface area contributed by atoms with Gasteiger partial charge in [-0.1, -0.05) is 46.5 Å². The van der Waals surface area contributed by atoms with Crippen LogP contribution in [0.2, 0.25) is 13.1 Å². The molecule has 0 bridgehead atoms. The Labute approximate surface area is 178 Å². The molecule has 0 aromatic carbocycles. The molecule has 29 heavy (non-hydrogen) atoms. The summed E-state index contributed by atoms with van der Waals surface area (Å²) in [5, 5.41) is 10.8. The Morgan fingerprint density at radius 3 is 2.45 bits per heavy atom. The van der Waals surface area contributed by atoms with Crippen LogP contribution in [0.25, 0.3) is 0 Å². The van der Waals surface area contributed by atoms with Gasteiger partial charge in [0.05, 0.1) is 13.0 Å². The lowest BCUT2D eigenvalue weighted by atomic mass is 9.70. The lowest BCUT2D eigenvalue weighted by Gasteiger charge is -2.37. The van der Waals surface area contributed by atoms with Gasteiger partial charge in [0.1, 0.15) is 12.2 Å². The summed E-state index contributed by atoms with van der Waals surface area (Å²) in [5.74, 6) is 5.25. The normalized spacial score (nSPS) is 25.6. The van der Waals surface area contributed by atoms with Gasteiger partial charge in [-0.25, -0.2) is 0 Å². The summed E-state index contributed by atoms with van der Waals surface area (Å²) in [7, 11) is -0.0475. The molecule has 1 fully saturated rings. The van der Waals surface area contributed by atoms with Crippen LogP contribution in [-0.2, 0) is 18.8 Å². The maximum absolute atomic E-state index is 13.3. The van der Waals surface area contributed by atoms with Crippen molar-refractivity contribution in [2.45, 2.75) is 91.5 Å². The second-order valence-corrected chi connectivity index (χ2v) is 11.8. The average molecular weight is 425 g/mol. The van der Waals surface area contributed by atoms with E-state index in [1.165, 1.54) is 7.11 Å². The topological polar surface area (TPSA) is 72.8 Å². The largest absolute Gasteiger partial charge is 0.469 e. The van der Waals surface area contributed by atoms with E-state index in [1.807, 2.05) is 0 Å². The smallest absolute Gasteiger partial charge is 0.305 e. The SMILES string of the molecule is CCCCC1C(C(O)C#CCCCC(=O)OC)C(=O)C(O[SiH](C)C)C1C(C)(C)C. The van der Waals surface area contributed by atoms with Crippen LogP contribution < -0.4 is 0 Å². The Morgan fingerprint density at radius 1 is 1.28 bits per heavy atom. The van der Waals surface area contributed by atoms with E-state index in [-0.39, 0.29) is 29.0 Å². The molecule has 1 saturated carbocycles. The zero-order chi connectivity index (χ0) is 22.2. The number of ether oxygens (including phenoxy) is 1. The summed E-state index contributed by atoms with van der Waals surface area (Å²) in [6.07, 6.45) is 2.92. The van der Waals surface area contributed by atoms with Gasteiger partial charge in [-0.05, 0) is 43.2 Å². The molecule has 0 amide bonds. The molecule has 0 heterocycles. The van der Waals surface area contributed by atoms with Gasteiger partial charge in [-0.2, -0.15) is 0 Å². The van der Waals surface area contributed by atoms with Crippen molar-refractivity contribution in [1.29, 1.82) is 0 Å². The number of ketones is 1. The van der Waals surface area contributed by atoms with E-state index in [0.29, 0.717) is 19.3 Å². The Bertz CT molecular complexity index is 599. The number of hydrogen-bond acceptors (Lipinski definition) is 5. The molecule has 0 spiro atoms. The first kappa shape index (κ1) is 25.9. The van der Waals surface area contributed by atoms with E-state index in [2.05, 4.69) is 57.4 Å². The highest BCUT2D eigenvalue weighted by Crippen LogP contribution is 2.49. The molecule has 5 atom stereocenters. The van der Waals surface area contributed by atoms with Gasteiger partial charge in [0.15, 0.2) is 14.8 Å². The van der Waals surface area contributed by atoms with E-state index in [1.54, 1.807) is 0 Å². The molecule has 0 saturated heterocycles. The van der Waals surface area contributed by atoms with Crippen LogP contribution in [-0.4, -0.2) is 45.2 Å². The molecule has 0 radical (unpaired) electrons. The third-order valence-corrected chi connectivity index (χ3v) is 6.51. The summed E-state index contributed by atoms with van der Waals surface area (Å²) in [5.41, 5.74) is -0.0928. The minimum absolute atomic E-state index is 0.0172. The predicted octanol–water partition coefficient (Wildman–Crippen LogP) is 3.73. The molecule has 5 nitrogen and oxygen atoms in total. The van der Waals surface area contributed by atoms with Crippen molar-refractivity contribution in [2.24, 2.45) is 23.2 Å². The number of methoxy groups -OCH3 is 1. The van der Waals surface area contributed by atoms with Gasteiger partial charge < -0.3 is 14.3 Å². The molecule has 1 aliphatic carbocycles. The van der Waals surface area contributed by atoms with Crippen LogP contribution in [0.1, 0.15) is 66.2 Å². The van der Waals surface area contributed by atoms with Gasteiger partial charge in [-0.15, -0.1) is 5.92 Å². The van der Waals surface area contributed by atoms with Crippen molar-refractivity contribution in [3.8, 4) is 11.8 Å². The van der Waals surface area contributed by atoms with Crippen LogP contribution in [0, 0.1) is 35.0 Å². The van der Waals surface area contributed by atoms with Crippen molar-refractivity contribution in [3.63, 3.8) is 0 Å². The Kier molecular flexibility index (Phi) is 10.6. The number of carbonyl (C=O) groups is 2. The summed E-state index contributed by atoms with van der Waals surface area (Å²) in [4.78, 5) is 24.5. The van der Waals surface area contributed by atoms with Crippen molar-refractivity contribution in [3.05, 3.63) is 0 Å². The molecule has 0 aromatic heterocycles. The fraction of sp³-hybridized carbons (Fsp3) is 0.826. The maximum Gasteiger partial charge on any atom is 0.305 e. The summed E-state index contributed by atoms with van der Waals surface area (Å²) in [6, 6.07) is 0. The highest BCUT2D eigenvalue weighted by atomic mass is 28.3. The standard InChI is InChI=1S/C23H40O5Si/c1-8-9-13-16-19(17(24)14-11-10-12-15-18(25)27-5)21(26)22(28-29(6)7)20(16)23(2,3)4/h16-17,19-20,22,24,29H,8-10,12-13,15H2,1-7H3. The number of hydrogen-bond donors (Lipinski definition) is 1. The van der Waals surface area contributed by atoms with Gasteiger partial charge in [0.2, 0.25) is 0 Å². The zero-order valence-electron chi connectivity index (χ0n) is 19.3. The summed E-state index contributed by atoms with van der Waals surface area (Å²) >= 11 is 0. The summed E-state index contributed by atoms with van der Waals surface area (Å²) in [6.45, 7) is 12.8. The Balaban J connectivity index is 3.04. The third-order valence-electron chi connectivity index (χ3n) is 5.67. The Morgan fingerprint density at radius 2 is 1.93 bits per heavy atom. The number of unbranched alkanes of at least 4 members (excludes halogenated alkanes) is 2. The van der Waals surface area contributed by atoms with Crippen molar-refractivity contribution in [1.82, 2.24) is 0 Å². The van der Waals surface area contributed by atoms with Crippen LogP contribution in [0.3, 0.4) is 0 Å². The van der Waals surface area contributed by atoms with Gasteiger partial charge in [0.25, 0.3) is 0 Å². The highest BCUT2D eigenvalue weighted by Gasteiger charge is 2.55. The average Bonchev–Trinajstić information content (AvgIpc) is 2.90. The first-order valence-corrected chi connectivity index (χ1v) is 13.7. The number of aliphatic hydroxyl groups is 1. The Hall–Kier alpha value is -1.16. The van der Waals surface area contributed by atoms with Crippen molar-refractivity contribution in [2.75, 3.05) is 7.11 Å². The number of Topliss-reactive ketones (excluding diaryl/α,β-unsaturated/α-hetero) is 1. The third kappa shape index (κ3) is 7.55. The highest BCUT2D eigenvalue weighted by molar-refractivity contribution is 6.48. The molecular formula is C23H40O5Si. The fourth-order valence-electron chi connectivity index (χ4n) is 4.45. The quantitative estimate of drug-likeness (QED) is 0.264. The lowest BCUT2D eigenvalue weighted by molar-refractivity contribution is -0.140. The number of aliphatic hydroxyl groups excluding tert-OH is 1. The lowest BCUT2D eigenvalue weighted by Crippen LogP contribution is -2.38. The van der Waals surface area contributed by atoms with Crippen molar-refractivity contribution < 1.29 is 23.9 Å². The molecule has 1 aliphatic rings. The molecule has 5 unspecified atom stereocenters. The minimum atomic E-state index is -1.41. The first-order chi connectivity index (χ1) is 13.5. The van der Waals surface area contributed by atoms with Crippen molar-refractivity contribution >= 4 is 20.8 Å². The van der Waals surface area contributed by atoms with E-state index in [4.69, 9.17) is 4.43 Å². The van der Waals surface area contributed by atoms with Crippen LogP contribution >= 0.6 is 0 Å². The maximum atomic E-state index is 13.3. The number of esters is 1. The molecule has 1 N–H and O–H groups in total. The van der Waals surface area contributed by atoms with E-state index in [9.17, 15) is 14.7 Å². The van der Waals surface area contributed by atoms with E-state index >= 15 is 0 Å². The molecule has 1 rings (SSSR count). The fourth-order valence-corrected chi connectivity index (χ4v) is 5.34. The molecule has 0 aromatic rings.